The molecule has 0 N–H and O–H groups in total. The molecule has 2 saturated heterocycles. The highest BCUT2D eigenvalue weighted by Gasteiger charge is 2.39. The Labute approximate surface area is 178 Å². The van der Waals surface area contributed by atoms with E-state index in [1.165, 1.54) is 23.5 Å². The van der Waals surface area contributed by atoms with Crippen LogP contribution < -0.4 is 4.74 Å². The molecule has 8 nitrogen and oxygen atoms in total. The van der Waals surface area contributed by atoms with E-state index in [9.17, 15) is 21.6 Å². The van der Waals surface area contributed by atoms with Crippen LogP contribution in [0.3, 0.4) is 0 Å². The van der Waals surface area contributed by atoms with Crippen molar-refractivity contribution >= 4 is 25.8 Å². The first kappa shape index (κ1) is 22.8. The van der Waals surface area contributed by atoms with Gasteiger partial charge in [0, 0.05) is 25.7 Å². The maximum Gasteiger partial charge on any atom is 0.243 e. The van der Waals surface area contributed by atoms with E-state index in [1.54, 1.807) is 23.1 Å². The number of methoxy groups -OCH3 is 1. The molecule has 0 aromatic heterocycles. The number of hydrogen-bond acceptors (Lipinski definition) is 6. The molecule has 0 aliphatic carbocycles. The lowest BCUT2D eigenvalue weighted by molar-refractivity contribution is -0.138. The van der Waals surface area contributed by atoms with Crippen molar-refractivity contribution in [1.29, 1.82) is 0 Å². The highest BCUT2D eigenvalue weighted by Crippen LogP contribution is 2.28. The molecule has 2 aliphatic heterocycles. The standard InChI is InChI=1S/C20H28N2O6S2/c1-3-11-22(17-10-13-29(24,25)15-17)20(23)16-5-4-12-21(14-16)30(26,27)19-8-6-18(28-2)7-9-19/h3,6-9,16-17H,1,4-5,10-15H2,2H3. The number of nitrogens with zero attached hydrogens (tertiary/aromatic N) is 2. The largest absolute Gasteiger partial charge is 0.497 e. The Morgan fingerprint density at radius 1 is 1.30 bits per heavy atom. The van der Waals surface area contributed by atoms with Crippen LogP contribution in [0, 0.1) is 5.92 Å². The van der Waals surface area contributed by atoms with Gasteiger partial charge >= 0.3 is 0 Å². The van der Waals surface area contributed by atoms with Gasteiger partial charge in [-0.1, -0.05) is 6.08 Å². The second-order valence-electron chi connectivity index (χ2n) is 7.71. The van der Waals surface area contributed by atoms with Gasteiger partial charge < -0.3 is 9.64 Å². The first-order chi connectivity index (χ1) is 14.2. The van der Waals surface area contributed by atoms with E-state index in [4.69, 9.17) is 4.74 Å². The van der Waals surface area contributed by atoms with Crippen molar-refractivity contribution in [2.24, 2.45) is 5.92 Å². The Balaban J connectivity index is 1.76. The van der Waals surface area contributed by atoms with Gasteiger partial charge in [-0.15, -0.1) is 6.58 Å². The Bertz CT molecular complexity index is 989. The van der Waals surface area contributed by atoms with Gasteiger partial charge in [0.15, 0.2) is 9.84 Å². The second kappa shape index (κ2) is 9.07. The maximum absolute atomic E-state index is 13.2. The van der Waals surface area contributed by atoms with E-state index < -0.39 is 25.8 Å². The number of piperidine rings is 1. The summed E-state index contributed by atoms with van der Waals surface area (Å²) >= 11 is 0. The second-order valence-corrected chi connectivity index (χ2v) is 11.9. The third-order valence-corrected chi connectivity index (χ3v) is 9.32. The van der Waals surface area contributed by atoms with Crippen molar-refractivity contribution in [2.75, 3.05) is 38.2 Å². The molecule has 1 aromatic carbocycles. The highest BCUT2D eigenvalue weighted by molar-refractivity contribution is 7.91. The fraction of sp³-hybridized carbons (Fsp3) is 0.550. The van der Waals surface area contributed by atoms with Crippen LogP contribution in [0.5, 0.6) is 5.75 Å². The average molecular weight is 457 g/mol. The summed E-state index contributed by atoms with van der Waals surface area (Å²) in [5, 5.41) is 0. The van der Waals surface area contributed by atoms with Gasteiger partial charge in [0.05, 0.1) is 29.4 Å². The smallest absolute Gasteiger partial charge is 0.243 e. The fourth-order valence-corrected chi connectivity index (χ4v) is 7.33. The highest BCUT2D eigenvalue weighted by atomic mass is 32.2. The number of ether oxygens (including phenoxy) is 1. The number of benzene rings is 1. The van der Waals surface area contributed by atoms with Crippen LogP contribution in [0.1, 0.15) is 19.3 Å². The molecule has 0 bridgehead atoms. The molecule has 3 rings (SSSR count). The van der Waals surface area contributed by atoms with Crippen LogP contribution in [-0.4, -0.2) is 76.2 Å². The molecule has 10 heteroatoms. The van der Waals surface area contributed by atoms with Crippen molar-refractivity contribution in [3.05, 3.63) is 36.9 Å². The fourth-order valence-electron chi connectivity index (χ4n) is 4.07. The van der Waals surface area contributed by atoms with Crippen molar-refractivity contribution < 1.29 is 26.4 Å². The molecule has 166 valence electrons. The molecule has 2 aliphatic rings. The summed E-state index contributed by atoms with van der Waals surface area (Å²) in [7, 11) is -5.37. The monoisotopic (exact) mass is 456 g/mol. The Morgan fingerprint density at radius 3 is 2.57 bits per heavy atom. The first-order valence-corrected chi connectivity index (χ1v) is 13.2. The number of sulfone groups is 1. The van der Waals surface area contributed by atoms with Crippen LogP contribution >= 0.6 is 0 Å². The number of sulfonamides is 1. The molecule has 0 spiro atoms. The van der Waals surface area contributed by atoms with Crippen molar-refractivity contribution in [3.8, 4) is 5.75 Å². The SMILES string of the molecule is C=CCN(C(=O)C1CCCN(S(=O)(=O)c2ccc(OC)cc2)C1)C1CCS(=O)(=O)C1. The lowest BCUT2D eigenvalue weighted by atomic mass is 9.97. The minimum absolute atomic E-state index is 0.0485. The topological polar surface area (TPSA) is 101 Å². The van der Waals surface area contributed by atoms with Gasteiger partial charge in [0.25, 0.3) is 0 Å². The molecule has 0 saturated carbocycles. The molecule has 1 amide bonds. The molecule has 2 unspecified atom stereocenters. The first-order valence-electron chi connectivity index (χ1n) is 9.94. The predicted molar refractivity (Wildman–Crippen MR) is 113 cm³/mol. The average Bonchev–Trinajstić information content (AvgIpc) is 3.11. The van der Waals surface area contributed by atoms with E-state index in [1.807, 2.05) is 0 Å². The zero-order valence-electron chi connectivity index (χ0n) is 17.1. The molecular weight excluding hydrogens is 428 g/mol. The molecule has 30 heavy (non-hydrogen) atoms. The molecule has 2 fully saturated rings. The Kier molecular flexibility index (Phi) is 6.88. The van der Waals surface area contributed by atoms with Gasteiger partial charge in [-0.25, -0.2) is 16.8 Å². The number of carbonyl (C=O) groups excluding carboxylic acids is 1. The summed E-state index contributed by atoms with van der Waals surface area (Å²) < 4.78 is 56.3. The normalized spacial score (nSPS) is 24.3. The van der Waals surface area contributed by atoms with Crippen molar-refractivity contribution in [2.45, 2.75) is 30.2 Å². The van der Waals surface area contributed by atoms with Crippen LogP contribution in [-0.2, 0) is 24.7 Å². The van der Waals surface area contributed by atoms with Gasteiger partial charge in [-0.2, -0.15) is 4.31 Å². The van der Waals surface area contributed by atoms with E-state index in [2.05, 4.69) is 6.58 Å². The third kappa shape index (κ3) is 4.87. The number of hydrogen-bond donors (Lipinski definition) is 0. The van der Waals surface area contributed by atoms with Crippen LogP contribution in [0.4, 0.5) is 0 Å². The van der Waals surface area contributed by atoms with Gasteiger partial charge in [0.2, 0.25) is 15.9 Å². The van der Waals surface area contributed by atoms with E-state index in [0.29, 0.717) is 31.6 Å². The van der Waals surface area contributed by atoms with E-state index in [-0.39, 0.29) is 41.4 Å². The minimum Gasteiger partial charge on any atom is -0.497 e. The lowest BCUT2D eigenvalue weighted by Crippen LogP contribution is -2.50. The van der Waals surface area contributed by atoms with Gasteiger partial charge in [-0.05, 0) is 43.5 Å². The molecule has 2 atom stereocenters. The third-order valence-electron chi connectivity index (χ3n) is 5.69. The van der Waals surface area contributed by atoms with E-state index in [0.717, 1.165) is 0 Å². The summed E-state index contributed by atoms with van der Waals surface area (Å²) in [5.41, 5.74) is 0. The van der Waals surface area contributed by atoms with Gasteiger partial charge in [0.1, 0.15) is 5.75 Å². The zero-order valence-corrected chi connectivity index (χ0v) is 18.7. The molecular formula is C20H28N2O6S2. The van der Waals surface area contributed by atoms with Crippen LogP contribution in [0.15, 0.2) is 41.8 Å². The molecule has 1 aromatic rings. The summed E-state index contributed by atoms with van der Waals surface area (Å²) in [6.07, 6.45) is 3.12. The van der Waals surface area contributed by atoms with Crippen molar-refractivity contribution in [3.63, 3.8) is 0 Å². The molecule has 2 heterocycles. The number of carbonyl (C=O) groups is 1. The summed E-state index contributed by atoms with van der Waals surface area (Å²) in [4.78, 5) is 14.9. The summed E-state index contributed by atoms with van der Waals surface area (Å²) in [6.45, 7) is 4.36. The van der Waals surface area contributed by atoms with Crippen LogP contribution in [0.25, 0.3) is 0 Å². The van der Waals surface area contributed by atoms with Crippen LogP contribution in [0.2, 0.25) is 0 Å². The number of rotatable bonds is 7. The quantitative estimate of drug-likeness (QED) is 0.573. The van der Waals surface area contributed by atoms with Gasteiger partial charge in [-0.3, -0.25) is 4.79 Å². The molecule has 0 radical (unpaired) electrons. The minimum atomic E-state index is -3.74. The number of amides is 1. The maximum atomic E-state index is 13.2. The summed E-state index contributed by atoms with van der Waals surface area (Å²) in [5.74, 6) is -0.122. The summed E-state index contributed by atoms with van der Waals surface area (Å²) in [6, 6.07) is 5.78. The zero-order chi connectivity index (χ0) is 21.9. The van der Waals surface area contributed by atoms with E-state index >= 15 is 0 Å². The Morgan fingerprint density at radius 2 is 2.00 bits per heavy atom. The van der Waals surface area contributed by atoms with Crippen molar-refractivity contribution in [1.82, 2.24) is 9.21 Å². The Hall–Kier alpha value is -1.91. The predicted octanol–water partition coefficient (Wildman–Crippen LogP) is 1.30. The lowest BCUT2D eigenvalue weighted by Gasteiger charge is -2.36.